The molecule has 2 aromatic heterocycles. The summed E-state index contributed by atoms with van der Waals surface area (Å²) in [6.07, 6.45) is 3.67. The number of methoxy groups -OCH3 is 1. The Balaban J connectivity index is 1.76. The fraction of sp³-hybridized carbons (Fsp3) is 0.111. The summed E-state index contributed by atoms with van der Waals surface area (Å²) in [5.74, 6) is 2.17. The van der Waals surface area contributed by atoms with Crippen LogP contribution in [0.5, 0.6) is 11.6 Å². The van der Waals surface area contributed by atoms with Crippen molar-refractivity contribution in [1.82, 2.24) is 9.97 Å². The Hall–Kier alpha value is -2.35. The molecule has 0 saturated carbocycles. The summed E-state index contributed by atoms with van der Waals surface area (Å²) in [5.41, 5.74) is 1.76. The summed E-state index contributed by atoms with van der Waals surface area (Å²) in [4.78, 5) is 8.78. The summed E-state index contributed by atoms with van der Waals surface area (Å²) in [7, 11) is 1.59. The summed E-state index contributed by atoms with van der Waals surface area (Å²) in [5, 5.41) is 4.27. The number of rotatable bonds is 6. The van der Waals surface area contributed by atoms with Crippen molar-refractivity contribution in [3.8, 4) is 11.6 Å². The number of hydrogen-bond donors (Lipinski definition) is 1. The monoisotopic (exact) mass is 433 g/mol. The van der Waals surface area contributed by atoms with Gasteiger partial charge < -0.3 is 14.8 Å². The van der Waals surface area contributed by atoms with E-state index in [4.69, 9.17) is 9.47 Å². The van der Waals surface area contributed by atoms with E-state index in [0.29, 0.717) is 12.5 Å². The average molecular weight is 433 g/mol. The molecule has 0 fully saturated rings. The van der Waals surface area contributed by atoms with Crippen LogP contribution in [0.25, 0.3) is 10.9 Å². The number of halogens is 1. The van der Waals surface area contributed by atoms with Crippen molar-refractivity contribution < 1.29 is 9.47 Å². The van der Waals surface area contributed by atoms with Gasteiger partial charge in [0.2, 0.25) is 5.88 Å². The van der Waals surface area contributed by atoms with Crippen LogP contribution in [-0.2, 0) is 0 Å². The molecule has 1 N–H and O–H groups in total. The molecule has 0 spiro atoms. The molecule has 0 aliphatic carbocycles. The highest BCUT2D eigenvalue weighted by atomic mass is 127. The third-order valence-electron chi connectivity index (χ3n) is 3.31. The van der Waals surface area contributed by atoms with Gasteiger partial charge in [-0.2, -0.15) is 0 Å². The quantitative estimate of drug-likeness (QED) is 0.571. The van der Waals surface area contributed by atoms with Gasteiger partial charge >= 0.3 is 0 Å². The summed E-state index contributed by atoms with van der Waals surface area (Å²) < 4.78 is 12.6. The van der Waals surface area contributed by atoms with Gasteiger partial charge in [-0.15, -0.1) is 0 Å². The highest BCUT2D eigenvalue weighted by molar-refractivity contribution is 14.1. The molecule has 3 rings (SSSR count). The van der Waals surface area contributed by atoms with Gasteiger partial charge in [-0.3, -0.25) is 0 Å². The highest BCUT2D eigenvalue weighted by Gasteiger charge is 2.02. The van der Waals surface area contributed by atoms with E-state index in [-0.39, 0.29) is 0 Å². The van der Waals surface area contributed by atoms with Gasteiger partial charge in [-0.05, 0) is 46.6 Å². The van der Waals surface area contributed by atoms with E-state index in [0.717, 1.165) is 28.2 Å². The topological polar surface area (TPSA) is 56.3 Å². The molecular weight excluding hydrogens is 417 g/mol. The molecule has 0 amide bonds. The number of hydrogen-bond acceptors (Lipinski definition) is 5. The van der Waals surface area contributed by atoms with E-state index in [9.17, 15) is 0 Å². The van der Waals surface area contributed by atoms with Crippen molar-refractivity contribution in [2.75, 3.05) is 19.0 Å². The van der Waals surface area contributed by atoms with Crippen molar-refractivity contribution in [1.29, 1.82) is 0 Å². The number of pyridine rings is 2. The van der Waals surface area contributed by atoms with Crippen molar-refractivity contribution in [2.24, 2.45) is 0 Å². The third-order valence-corrected chi connectivity index (χ3v) is 3.82. The van der Waals surface area contributed by atoms with Crippen molar-refractivity contribution in [2.45, 2.75) is 0 Å². The Bertz CT molecular complexity index is 851. The molecule has 0 bridgehead atoms. The van der Waals surface area contributed by atoms with E-state index < -0.39 is 0 Å². The molecular formula is C18H16IN3O2. The van der Waals surface area contributed by atoms with Gasteiger partial charge in [0.1, 0.15) is 18.2 Å². The lowest BCUT2D eigenvalue weighted by Crippen LogP contribution is -1.96. The first-order valence-corrected chi connectivity index (χ1v) is 8.59. The average Bonchev–Trinajstić information content (AvgIpc) is 2.62. The van der Waals surface area contributed by atoms with Crippen molar-refractivity contribution in [3.05, 3.63) is 58.8 Å². The minimum Gasteiger partial charge on any atom is -0.489 e. The minimum atomic E-state index is 0.561. The Morgan fingerprint density at radius 3 is 2.83 bits per heavy atom. The molecule has 6 heteroatoms. The number of aromatic nitrogens is 2. The van der Waals surface area contributed by atoms with Crippen LogP contribution in [0.15, 0.2) is 58.8 Å². The fourth-order valence-corrected chi connectivity index (χ4v) is 2.37. The van der Waals surface area contributed by atoms with Gasteiger partial charge in [-0.25, -0.2) is 9.97 Å². The SMILES string of the molecule is COc1ccc(Nc2ccc3cc(OC/C=C/I)ccc3n2)cn1. The molecule has 0 aliphatic heterocycles. The molecule has 24 heavy (non-hydrogen) atoms. The number of nitrogens with zero attached hydrogens (tertiary/aromatic N) is 2. The number of ether oxygens (including phenoxy) is 2. The first-order valence-electron chi connectivity index (χ1n) is 7.34. The molecule has 2 heterocycles. The van der Waals surface area contributed by atoms with Crippen molar-refractivity contribution >= 4 is 45.0 Å². The third kappa shape index (κ3) is 4.14. The van der Waals surface area contributed by atoms with E-state index in [1.54, 1.807) is 19.4 Å². The second-order valence-corrected chi connectivity index (χ2v) is 5.66. The van der Waals surface area contributed by atoms with Crippen LogP contribution in [0, 0.1) is 0 Å². The number of nitrogens with one attached hydrogen (secondary N) is 1. The summed E-state index contributed by atoms with van der Waals surface area (Å²) in [6.45, 7) is 0.561. The zero-order valence-corrected chi connectivity index (χ0v) is 15.2. The Morgan fingerprint density at radius 1 is 1.17 bits per heavy atom. The zero-order chi connectivity index (χ0) is 16.8. The van der Waals surface area contributed by atoms with E-state index in [2.05, 4.69) is 37.9 Å². The first-order chi connectivity index (χ1) is 11.8. The van der Waals surface area contributed by atoms with Crippen LogP contribution in [0.3, 0.4) is 0 Å². The van der Waals surface area contributed by atoms with Crippen LogP contribution >= 0.6 is 22.6 Å². The van der Waals surface area contributed by atoms with E-state index in [1.165, 1.54) is 0 Å². The Labute approximate surface area is 153 Å². The summed E-state index contributed by atoms with van der Waals surface area (Å²) >= 11 is 2.17. The fourth-order valence-electron chi connectivity index (χ4n) is 2.17. The molecule has 0 radical (unpaired) electrons. The standard InChI is InChI=1S/C18H16IN3O2/c1-23-18-8-4-14(12-20-18)21-17-7-3-13-11-15(24-10-2-9-19)5-6-16(13)22-17/h2-9,11-12H,10H2,1H3,(H,21,22)/b9-2+. The van der Waals surface area contributed by atoms with E-state index in [1.807, 2.05) is 46.6 Å². The number of fused-ring (bicyclic) bond motifs is 1. The van der Waals surface area contributed by atoms with Crippen molar-refractivity contribution in [3.63, 3.8) is 0 Å². The lowest BCUT2D eigenvalue weighted by Gasteiger charge is -2.08. The predicted octanol–water partition coefficient (Wildman–Crippen LogP) is 4.71. The molecule has 3 aromatic rings. The molecule has 0 atom stereocenters. The van der Waals surface area contributed by atoms with Crippen LogP contribution in [0.4, 0.5) is 11.5 Å². The molecule has 1 aromatic carbocycles. The number of benzene rings is 1. The minimum absolute atomic E-state index is 0.561. The van der Waals surface area contributed by atoms with Gasteiger partial charge in [0.05, 0.1) is 24.5 Å². The second kappa shape index (κ2) is 7.96. The largest absolute Gasteiger partial charge is 0.489 e. The van der Waals surface area contributed by atoms with Crippen LogP contribution in [0.1, 0.15) is 0 Å². The van der Waals surface area contributed by atoms with Gasteiger partial charge in [0, 0.05) is 11.5 Å². The van der Waals surface area contributed by atoms with Gasteiger partial charge in [0.25, 0.3) is 0 Å². The normalized spacial score (nSPS) is 10.9. The van der Waals surface area contributed by atoms with E-state index >= 15 is 0 Å². The number of anilines is 2. The maximum absolute atomic E-state index is 5.65. The first kappa shape index (κ1) is 16.5. The molecule has 5 nitrogen and oxygen atoms in total. The molecule has 0 unspecified atom stereocenters. The second-order valence-electron chi connectivity index (χ2n) is 4.94. The Morgan fingerprint density at radius 2 is 2.08 bits per heavy atom. The molecule has 0 saturated heterocycles. The van der Waals surface area contributed by atoms with Crippen LogP contribution in [-0.4, -0.2) is 23.7 Å². The molecule has 0 aliphatic rings. The maximum atomic E-state index is 5.65. The summed E-state index contributed by atoms with van der Waals surface area (Å²) in [6, 6.07) is 13.5. The smallest absolute Gasteiger partial charge is 0.213 e. The van der Waals surface area contributed by atoms with Gasteiger partial charge in [0.15, 0.2) is 0 Å². The lowest BCUT2D eigenvalue weighted by molar-refractivity contribution is 0.363. The predicted molar refractivity (Wildman–Crippen MR) is 104 cm³/mol. The Kier molecular flexibility index (Phi) is 5.47. The zero-order valence-electron chi connectivity index (χ0n) is 13.1. The molecule has 122 valence electrons. The lowest BCUT2D eigenvalue weighted by atomic mass is 10.2. The highest BCUT2D eigenvalue weighted by Crippen LogP contribution is 2.23. The van der Waals surface area contributed by atoms with Gasteiger partial charge in [-0.1, -0.05) is 22.6 Å². The van der Waals surface area contributed by atoms with Crippen LogP contribution < -0.4 is 14.8 Å². The maximum Gasteiger partial charge on any atom is 0.213 e. The van der Waals surface area contributed by atoms with Crippen LogP contribution in [0.2, 0.25) is 0 Å².